The fourth-order valence-electron chi connectivity index (χ4n) is 2.67. The van der Waals surface area contributed by atoms with Gasteiger partial charge in [0.05, 0.1) is 0 Å². The molecule has 1 aliphatic heterocycles. The first-order valence-corrected chi connectivity index (χ1v) is 8.97. The molecule has 0 spiro atoms. The van der Waals surface area contributed by atoms with Crippen LogP contribution in [0.5, 0.6) is 11.5 Å². The summed E-state index contributed by atoms with van der Waals surface area (Å²) in [6.45, 7) is 0.168. The lowest BCUT2D eigenvalue weighted by molar-refractivity contribution is -0.119. The molecule has 3 amide bonds. The van der Waals surface area contributed by atoms with Crippen molar-refractivity contribution in [3.63, 3.8) is 0 Å². The van der Waals surface area contributed by atoms with Crippen LogP contribution in [-0.2, 0) is 20.9 Å². The van der Waals surface area contributed by atoms with E-state index in [4.69, 9.17) is 19.9 Å². The minimum atomic E-state index is -1.00. The number of benzene rings is 2. The third-order valence-corrected chi connectivity index (χ3v) is 4.14. The van der Waals surface area contributed by atoms with Gasteiger partial charge in [0.15, 0.2) is 11.5 Å². The molecule has 9 heteroatoms. The van der Waals surface area contributed by atoms with Gasteiger partial charge < -0.3 is 30.6 Å². The van der Waals surface area contributed by atoms with Gasteiger partial charge >= 0.3 is 6.09 Å². The molecule has 1 heterocycles. The Balaban J connectivity index is 1.59. The number of amides is 3. The molecule has 0 radical (unpaired) electrons. The van der Waals surface area contributed by atoms with E-state index in [1.165, 1.54) is 0 Å². The Hall–Kier alpha value is -3.75. The lowest BCUT2D eigenvalue weighted by Crippen LogP contribution is -2.44. The molecule has 3 rings (SSSR count). The highest BCUT2D eigenvalue weighted by molar-refractivity contribution is 5.97. The molecule has 0 unspecified atom stereocenters. The van der Waals surface area contributed by atoms with Gasteiger partial charge in [0.2, 0.25) is 18.6 Å². The normalized spacial score (nSPS) is 12.7. The average Bonchev–Trinajstić information content (AvgIpc) is 3.18. The lowest BCUT2D eigenvalue weighted by Gasteiger charge is -2.18. The quantitative estimate of drug-likeness (QED) is 0.622. The van der Waals surface area contributed by atoms with E-state index in [0.717, 1.165) is 5.56 Å². The first-order chi connectivity index (χ1) is 14.0. The minimum Gasteiger partial charge on any atom is -0.454 e. The van der Waals surface area contributed by atoms with Crippen molar-refractivity contribution in [2.75, 3.05) is 12.1 Å². The Kier molecular flexibility index (Phi) is 6.51. The summed E-state index contributed by atoms with van der Waals surface area (Å²) in [5.41, 5.74) is 6.44. The maximum absolute atomic E-state index is 12.6. The van der Waals surface area contributed by atoms with Gasteiger partial charge in [-0.25, -0.2) is 4.79 Å². The number of rotatable bonds is 8. The topological polar surface area (TPSA) is 129 Å². The Labute approximate surface area is 167 Å². The maximum atomic E-state index is 12.6. The fraction of sp³-hybridized carbons (Fsp3) is 0.250. The van der Waals surface area contributed by atoms with E-state index in [2.05, 4.69) is 10.6 Å². The van der Waals surface area contributed by atoms with E-state index in [1.54, 1.807) is 18.2 Å². The number of nitrogens with two attached hydrogens (primary N) is 1. The summed E-state index contributed by atoms with van der Waals surface area (Å²) >= 11 is 0. The van der Waals surface area contributed by atoms with Crippen molar-refractivity contribution in [3.05, 3.63) is 54.1 Å². The molecule has 152 valence electrons. The summed E-state index contributed by atoms with van der Waals surface area (Å²) in [4.78, 5) is 35.9. The highest BCUT2D eigenvalue weighted by Crippen LogP contribution is 2.34. The van der Waals surface area contributed by atoms with Crippen molar-refractivity contribution < 1.29 is 28.6 Å². The van der Waals surface area contributed by atoms with Crippen molar-refractivity contribution in [3.8, 4) is 11.5 Å². The summed E-state index contributed by atoms with van der Waals surface area (Å²) < 4.78 is 15.6. The maximum Gasteiger partial charge on any atom is 0.408 e. The summed E-state index contributed by atoms with van der Waals surface area (Å²) in [6.07, 6.45) is -0.811. The van der Waals surface area contributed by atoms with Gasteiger partial charge in [0.25, 0.3) is 0 Å². The van der Waals surface area contributed by atoms with Crippen LogP contribution in [0.1, 0.15) is 18.4 Å². The molecule has 29 heavy (non-hydrogen) atoms. The van der Waals surface area contributed by atoms with Crippen LogP contribution in [0.3, 0.4) is 0 Å². The van der Waals surface area contributed by atoms with E-state index in [-0.39, 0.29) is 26.2 Å². The minimum absolute atomic E-state index is 0.0339. The molecule has 1 aliphatic rings. The Bertz CT molecular complexity index is 887. The summed E-state index contributed by atoms with van der Waals surface area (Å²) in [7, 11) is 0. The molecule has 4 N–H and O–H groups in total. The second kappa shape index (κ2) is 9.45. The molecule has 0 saturated heterocycles. The number of ether oxygens (including phenoxy) is 3. The van der Waals surface area contributed by atoms with Crippen LogP contribution < -0.4 is 25.8 Å². The number of carbonyl (C=O) groups is 3. The average molecular weight is 399 g/mol. The van der Waals surface area contributed by atoms with Gasteiger partial charge in [-0.05, 0) is 24.1 Å². The predicted molar refractivity (Wildman–Crippen MR) is 103 cm³/mol. The van der Waals surface area contributed by atoms with E-state index in [1.807, 2.05) is 30.3 Å². The fourth-order valence-corrected chi connectivity index (χ4v) is 2.67. The largest absolute Gasteiger partial charge is 0.454 e. The zero-order chi connectivity index (χ0) is 20.6. The number of alkyl carbamates (subject to hydrolysis) is 1. The monoisotopic (exact) mass is 399 g/mol. The van der Waals surface area contributed by atoms with Crippen LogP contribution >= 0.6 is 0 Å². The number of hydrogen-bond acceptors (Lipinski definition) is 6. The van der Waals surface area contributed by atoms with E-state index >= 15 is 0 Å². The summed E-state index contributed by atoms with van der Waals surface area (Å²) in [5, 5.41) is 5.16. The number of fused-ring (bicyclic) bond motifs is 1. The van der Waals surface area contributed by atoms with Crippen molar-refractivity contribution in [1.29, 1.82) is 0 Å². The third kappa shape index (κ3) is 5.86. The second-order valence-electron chi connectivity index (χ2n) is 6.32. The first kappa shape index (κ1) is 20.0. The van der Waals surface area contributed by atoms with Gasteiger partial charge in [-0.2, -0.15) is 0 Å². The van der Waals surface area contributed by atoms with Crippen LogP contribution in [0.25, 0.3) is 0 Å². The third-order valence-electron chi connectivity index (χ3n) is 4.14. The van der Waals surface area contributed by atoms with Crippen molar-refractivity contribution in [1.82, 2.24) is 5.32 Å². The molecule has 9 nitrogen and oxygen atoms in total. The van der Waals surface area contributed by atoms with Crippen LogP contribution in [0, 0.1) is 0 Å². The summed E-state index contributed by atoms with van der Waals surface area (Å²) in [6, 6.07) is 13.0. The van der Waals surface area contributed by atoms with E-state index < -0.39 is 23.9 Å². The van der Waals surface area contributed by atoms with Crippen LogP contribution in [0.4, 0.5) is 10.5 Å². The van der Waals surface area contributed by atoms with Gasteiger partial charge in [-0.15, -0.1) is 0 Å². The van der Waals surface area contributed by atoms with Crippen LogP contribution in [0.2, 0.25) is 0 Å². The van der Waals surface area contributed by atoms with Crippen molar-refractivity contribution in [2.45, 2.75) is 25.5 Å². The standard InChI is InChI=1S/C20H21N3O6/c21-18(24)9-7-15(23-20(26)27-11-13-4-2-1-3-5-13)19(25)22-14-6-8-16-17(10-14)29-12-28-16/h1-6,8,10,15H,7,9,11-12H2,(H2,21,24)(H,22,25)(H,23,26)/t15-/m0/s1. The number of primary amides is 1. The van der Waals surface area contributed by atoms with Gasteiger partial charge in [0, 0.05) is 18.2 Å². The molecule has 2 aromatic rings. The highest BCUT2D eigenvalue weighted by Gasteiger charge is 2.23. The molecule has 1 atom stereocenters. The van der Waals surface area contributed by atoms with Gasteiger partial charge in [-0.1, -0.05) is 30.3 Å². The van der Waals surface area contributed by atoms with Crippen LogP contribution in [0.15, 0.2) is 48.5 Å². The zero-order valence-electron chi connectivity index (χ0n) is 15.6. The first-order valence-electron chi connectivity index (χ1n) is 8.97. The second-order valence-corrected chi connectivity index (χ2v) is 6.32. The molecular weight excluding hydrogens is 378 g/mol. The lowest BCUT2D eigenvalue weighted by atomic mass is 10.1. The number of anilines is 1. The Morgan fingerprint density at radius 1 is 1.07 bits per heavy atom. The molecule has 0 fully saturated rings. The van der Waals surface area contributed by atoms with E-state index in [0.29, 0.717) is 17.2 Å². The molecule has 0 aromatic heterocycles. The number of nitrogens with one attached hydrogen (secondary N) is 2. The van der Waals surface area contributed by atoms with Crippen molar-refractivity contribution in [2.24, 2.45) is 5.73 Å². The summed E-state index contributed by atoms with van der Waals surface area (Å²) in [5.74, 6) is -0.00489. The molecular formula is C20H21N3O6. The van der Waals surface area contributed by atoms with E-state index in [9.17, 15) is 14.4 Å². The Morgan fingerprint density at radius 3 is 2.59 bits per heavy atom. The smallest absolute Gasteiger partial charge is 0.408 e. The number of carbonyl (C=O) groups excluding carboxylic acids is 3. The SMILES string of the molecule is NC(=O)CC[C@H](NC(=O)OCc1ccccc1)C(=O)Nc1ccc2c(c1)OCO2. The number of hydrogen-bond donors (Lipinski definition) is 3. The molecule has 2 aromatic carbocycles. The predicted octanol–water partition coefficient (Wildman–Crippen LogP) is 1.91. The highest BCUT2D eigenvalue weighted by atomic mass is 16.7. The van der Waals surface area contributed by atoms with Crippen molar-refractivity contribution >= 4 is 23.6 Å². The zero-order valence-corrected chi connectivity index (χ0v) is 15.6. The molecule has 0 aliphatic carbocycles. The van der Waals surface area contributed by atoms with Gasteiger partial charge in [0.1, 0.15) is 12.6 Å². The molecule has 0 bridgehead atoms. The Morgan fingerprint density at radius 2 is 1.83 bits per heavy atom. The molecule has 0 saturated carbocycles. The van der Waals surface area contributed by atoms with Crippen LogP contribution in [-0.4, -0.2) is 30.7 Å². The van der Waals surface area contributed by atoms with Gasteiger partial charge in [-0.3, -0.25) is 9.59 Å².